The van der Waals surface area contributed by atoms with Crippen molar-refractivity contribution in [2.45, 2.75) is 88.3 Å². The van der Waals surface area contributed by atoms with Gasteiger partial charge in [-0.3, -0.25) is 29.0 Å². The van der Waals surface area contributed by atoms with E-state index in [1.807, 2.05) is 24.3 Å². The molecule has 7 atom stereocenters. The lowest BCUT2D eigenvalue weighted by Crippen LogP contribution is -2.60. The van der Waals surface area contributed by atoms with Gasteiger partial charge in [-0.05, 0) is 56.0 Å². The highest BCUT2D eigenvalue weighted by Crippen LogP contribution is 2.20. The van der Waals surface area contributed by atoms with Crippen LogP contribution in [0.4, 0.5) is 0 Å². The summed E-state index contributed by atoms with van der Waals surface area (Å²) in [7, 11) is 0. The van der Waals surface area contributed by atoms with E-state index in [9.17, 15) is 44.1 Å². The van der Waals surface area contributed by atoms with Crippen LogP contribution in [-0.2, 0) is 48.0 Å². The van der Waals surface area contributed by atoms with Crippen molar-refractivity contribution in [2.75, 3.05) is 6.54 Å². The highest BCUT2D eigenvalue weighted by atomic mass is 16.4. The summed E-state index contributed by atoms with van der Waals surface area (Å²) in [6, 6.07) is 5.21. The smallest absolute Gasteiger partial charge is 0.328 e. The number of fused-ring (bicyclic) bond motifs is 1. The van der Waals surface area contributed by atoms with Gasteiger partial charge in [-0.2, -0.15) is 0 Å². The topological polar surface area (TPSA) is 358 Å². The highest BCUT2D eigenvalue weighted by Gasteiger charge is 2.33. The van der Waals surface area contributed by atoms with Crippen molar-refractivity contribution in [3.8, 4) is 5.75 Å². The first-order valence-corrected chi connectivity index (χ1v) is 19.1. The Kier molecular flexibility index (Phi) is 16.5. The number of carbonyl (C=O) groups excluding carboxylic acids is 5. The number of nitrogens with two attached hydrogens (primary N) is 3. The number of carbonyl (C=O) groups is 6. The number of aromatic hydroxyl groups is 1. The largest absolute Gasteiger partial charge is 0.508 e. The number of guanidine groups is 1. The molecule has 4 rings (SSSR count). The Labute approximate surface area is 344 Å². The molecule has 0 bridgehead atoms. The molecule has 21 heteroatoms. The minimum atomic E-state index is -1.66. The number of phenols is 1. The first-order valence-electron chi connectivity index (χ1n) is 19.1. The van der Waals surface area contributed by atoms with E-state index in [0.29, 0.717) is 16.8 Å². The normalized spacial score (nSPS) is 14.6. The SMILES string of the molecule is C[C@H](NC(=O)[C@H](CCCN=C(N)N)NC(=O)[C@H](Cc1ccc(O)cc1)NC(=O)[C@H](Cc1c[nH]c2ccccc12)NC(=O)[C@@H](N)Cc1cnc[nH]1)C(=O)N[C@H](C(=O)O)[C@@H](C)O. The van der Waals surface area contributed by atoms with E-state index in [-0.39, 0.29) is 50.4 Å². The van der Waals surface area contributed by atoms with Gasteiger partial charge in [-0.1, -0.05) is 30.3 Å². The molecule has 5 amide bonds. The number of benzene rings is 2. The van der Waals surface area contributed by atoms with Crippen molar-refractivity contribution >= 4 is 52.4 Å². The van der Waals surface area contributed by atoms with E-state index in [1.54, 1.807) is 18.3 Å². The van der Waals surface area contributed by atoms with Crippen LogP contribution in [0.25, 0.3) is 10.9 Å². The van der Waals surface area contributed by atoms with E-state index in [1.165, 1.54) is 38.5 Å². The van der Waals surface area contributed by atoms with Crippen molar-refractivity contribution in [3.63, 3.8) is 0 Å². The molecule has 0 saturated carbocycles. The fourth-order valence-corrected chi connectivity index (χ4v) is 6.17. The lowest BCUT2D eigenvalue weighted by molar-refractivity contribution is -0.145. The number of nitrogens with zero attached hydrogens (tertiary/aromatic N) is 2. The number of para-hydroxylation sites is 1. The third kappa shape index (κ3) is 13.6. The number of nitrogens with one attached hydrogen (secondary N) is 7. The Hall–Kier alpha value is -7.00. The maximum atomic E-state index is 14.3. The summed E-state index contributed by atoms with van der Waals surface area (Å²) in [5.74, 6) is -5.75. The van der Waals surface area contributed by atoms with Crippen LogP contribution in [0, 0.1) is 0 Å². The molecule has 0 aliphatic rings. The van der Waals surface area contributed by atoms with Crippen molar-refractivity contribution < 1.29 is 44.1 Å². The number of phenolic OH excluding ortho intramolecular Hbond substituents is 1. The molecule has 2 heterocycles. The van der Waals surface area contributed by atoms with E-state index >= 15 is 0 Å². The van der Waals surface area contributed by atoms with Crippen molar-refractivity contribution in [1.29, 1.82) is 0 Å². The van der Waals surface area contributed by atoms with Crippen LogP contribution in [0.15, 0.2) is 72.2 Å². The zero-order valence-electron chi connectivity index (χ0n) is 33.1. The third-order valence-electron chi connectivity index (χ3n) is 9.45. The molecule has 2 aromatic carbocycles. The summed E-state index contributed by atoms with van der Waals surface area (Å²) in [4.78, 5) is 93.9. The standard InChI is InChI=1S/C39H52N12O9/c1-20(33(54)51-32(21(2)52)38(59)60)47-35(56)29(8-5-13-44-39(41)42)48-36(57)30(14-22-9-11-25(53)12-10-22)50-37(58)31(15-23-17-45-28-7-4-3-6-26(23)28)49-34(55)27(40)16-24-18-43-19-46-24/h3-4,6-7,9-12,17-21,27,29-32,45,52-53H,5,8,13-16,40H2,1-2H3,(H,43,46)(H,47,56)(H,48,57)(H,49,55)(H,50,58)(H,51,54)(H,59,60)(H4,41,42,44)/t20-,21+,27-,29-,30-,31-,32-/m0/s1. The van der Waals surface area contributed by atoms with Gasteiger partial charge in [0.15, 0.2) is 12.0 Å². The quantitative estimate of drug-likeness (QED) is 0.0230. The van der Waals surface area contributed by atoms with Crippen molar-refractivity contribution in [1.82, 2.24) is 41.5 Å². The second-order valence-corrected chi connectivity index (χ2v) is 14.2. The average Bonchev–Trinajstić information content (AvgIpc) is 3.87. The van der Waals surface area contributed by atoms with Crippen molar-refractivity contribution in [3.05, 3.63) is 84.1 Å². The van der Waals surface area contributed by atoms with Crippen molar-refractivity contribution in [2.24, 2.45) is 22.2 Å². The Bertz CT molecular complexity index is 2120. The van der Waals surface area contributed by atoms with Gasteiger partial charge in [-0.25, -0.2) is 9.78 Å². The first kappa shape index (κ1) is 45.7. The van der Waals surface area contributed by atoms with Crippen LogP contribution >= 0.6 is 0 Å². The number of aliphatic hydroxyl groups excluding tert-OH is 1. The zero-order valence-corrected chi connectivity index (χ0v) is 33.1. The molecule has 0 saturated heterocycles. The van der Waals surface area contributed by atoms with Crippen LogP contribution in [0.2, 0.25) is 0 Å². The monoisotopic (exact) mass is 832 g/mol. The van der Waals surface area contributed by atoms with Crippen LogP contribution in [0.1, 0.15) is 43.5 Å². The summed E-state index contributed by atoms with van der Waals surface area (Å²) in [5, 5.41) is 42.6. The number of aliphatic imine (C=N–C) groups is 1. The Morgan fingerprint density at radius 3 is 2.05 bits per heavy atom. The second-order valence-electron chi connectivity index (χ2n) is 14.2. The highest BCUT2D eigenvalue weighted by molar-refractivity contribution is 5.97. The van der Waals surface area contributed by atoms with Gasteiger partial charge in [0.05, 0.1) is 18.5 Å². The van der Waals surface area contributed by atoms with Gasteiger partial charge in [0.1, 0.15) is 29.9 Å². The molecule has 21 nitrogen and oxygen atoms in total. The molecule has 0 spiro atoms. The summed E-state index contributed by atoms with van der Waals surface area (Å²) in [6.45, 7) is 2.52. The number of hydrogen-bond donors (Lipinski definition) is 13. The number of aliphatic hydroxyl groups is 1. The Morgan fingerprint density at radius 1 is 0.783 bits per heavy atom. The number of aromatic nitrogens is 3. The molecule has 4 aromatic rings. The van der Waals surface area contributed by atoms with Gasteiger partial charge in [0.25, 0.3) is 0 Å². The lowest BCUT2D eigenvalue weighted by Gasteiger charge is -2.27. The number of hydrogen-bond acceptors (Lipinski definition) is 11. The molecule has 0 aliphatic heterocycles. The zero-order chi connectivity index (χ0) is 43.9. The number of aliphatic carboxylic acids is 1. The van der Waals surface area contributed by atoms with Crippen LogP contribution in [0.3, 0.4) is 0 Å². The number of aromatic amines is 2. The Morgan fingerprint density at radius 2 is 1.42 bits per heavy atom. The number of carboxylic acids is 1. The fourth-order valence-electron chi connectivity index (χ4n) is 6.17. The minimum Gasteiger partial charge on any atom is -0.508 e. The van der Waals surface area contributed by atoms with E-state index in [0.717, 1.165) is 10.9 Å². The molecule has 0 radical (unpaired) electrons. The number of H-pyrrole nitrogens is 2. The maximum absolute atomic E-state index is 14.3. The number of amides is 5. The van der Waals surface area contributed by atoms with E-state index in [2.05, 4.69) is 46.5 Å². The molecular weight excluding hydrogens is 781 g/mol. The summed E-state index contributed by atoms with van der Waals surface area (Å²) in [6.07, 6.45) is 3.28. The summed E-state index contributed by atoms with van der Waals surface area (Å²) >= 11 is 0. The predicted octanol–water partition coefficient (Wildman–Crippen LogP) is -2.09. The summed E-state index contributed by atoms with van der Waals surface area (Å²) < 4.78 is 0. The number of rotatable bonds is 22. The van der Waals surface area contributed by atoms with Gasteiger partial charge < -0.3 is 69.1 Å². The lowest BCUT2D eigenvalue weighted by atomic mass is 10.0. The van der Waals surface area contributed by atoms with Gasteiger partial charge >= 0.3 is 5.97 Å². The molecule has 322 valence electrons. The second kappa shape index (κ2) is 21.7. The van der Waals surface area contributed by atoms with Crippen LogP contribution in [-0.4, -0.2) is 121 Å². The number of carboxylic acid groups (broad SMARTS) is 1. The molecule has 16 N–H and O–H groups in total. The van der Waals surface area contributed by atoms with Gasteiger partial charge in [0, 0.05) is 54.8 Å². The maximum Gasteiger partial charge on any atom is 0.328 e. The van der Waals surface area contributed by atoms with Crippen LogP contribution < -0.4 is 43.8 Å². The fraction of sp³-hybridized carbons (Fsp3) is 0.385. The predicted molar refractivity (Wildman–Crippen MR) is 219 cm³/mol. The summed E-state index contributed by atoms with van der Waals surface area (Å²) in [5.41, 5.74) is 19.7. The van der Waals surface area contributed by atoms with Gasteiger partial charge in [0.2, 0.25) is 29.5 Å². The van der Waals surface area contributed by atoms with Gasteiger partial charge in [-0.15, -0.1) is 0 Å². The molecular formula is C39H52N12O9. The molecule has 2 aromatic heterocycles. The minimum absolute atomic E-state index is 0.0144. The third-order valence-corrected chi connectivity index (χ3v) is 9.45. The molecule has 0 unspecified atom stereocenters. The van der Waals surface area contributed by atoms with E-state index < -0.39 is 77.9 Å². The van der Waals surface area contributed by atoms with Crippen LogP contribution in [0.5, 0.6) is 5.75 Å². The average molecular weight is 833 g/mol. The first-order chi connectivity index (χ1) is 28.5. The number of imidazole rings is 1. The molecule has 0 fully saturated rings. The van der Waals surface area contributed by atoms with E-state index in [4.69, 9.17) is 17.2 Å². The Balaban J connectivity index is 1.61. The molecule has 0 aliphatic carbocycles. The molecule has 60 heavy (non-hydrogen) atoms.